The third-order valence-corrected chi connectivity index (χ3v) is 3.34. The minimum Gasteiger partial charge on any atom is -0.394 e. The highest BCUT2D eigenvalue weighted by atomic mass is 19.1. The van der Waals surface area contributed by atoms with Gasteiger partial charge in [-0.3, -0.25) is 0 Å². The highest BCUT2D eigenvalue weighted by Gasteiger charge is 2.28. The van der Waals surface area contributed by atoms with Gasteiger partial charge in [0.2, 0.25) is 0 Å². The second kappa shape index (κ2) is 5.02. The Morgan fingerprint density at radius 2 is 2.29 bits per heavy atom. The van der Waals surface area contributed by atoms with Gasteiger partial charge in [-0.15, -0.1) is 0 Å². The van der Waals surface area contributed by atoms with Gasteiger partial charge in [0, 0.05) is 12.1 Å². The monoisotopic (exact) mass is 239 g/mol. The largest absolute Gasteiger partial charge is 0.394 e. The van der Waals surface area contributed by atoms with Gasteiger partial charge in [0.05, 0.1) is 24.4 Å². The lowest BCUT2D eigenvalue weighted by atomic mass is 10.1. The molecule has 0 radical (unpaired) electrons. The number of hydrogen-bond acceptors (Lipinski definition) is 3. The maximum atomic E-state index is 13.9. The maximum Gasteiger partial charge on any atom is 0.146 e. The van der Waals surface area contributed by atoms with Crippen LogP contribution in [0.15, 0.2) is 18.2 Å². The normalized spacial score (nSPS) is 21.9. The van der Waals surface area contributed by atoms with Crippen LogP contribution in [0.4, 0.5) is 10.1 Å². The van der Waals surface area contributed by atoms with Crippen molar-refractivity contribution in [1.82, 2.24) is 0 Å². The van der Waals surface area contributed by atoms with Crippen LogP contribution in [-0.2, 0) is 0 Å². The minimum atomic E-state index is -0.708. The summed E-state index contributed by atoms with van der Waals surface area (Å²) in [5.41, 5.74) is 1.03. The molecule has 0 amide bonds. The topological polar surface area (TPSA) is 43.7 Å². The van der Waals surface area contributed by atoms with Crippen LogP contribution in [0, 0.1) is 5.82 Å². The molecular weight excluding hydrogens is 221 g/mol. The Bertz CT molecular complexity index is 395. The van der Waals surface area contributed by atoms with Crippen molar-refractivity contribution in [3.63, 3.8) is 0 Å². The first kappa shape index (κ1) is 12.3. The zero-order valence-corrected chi connectivity index (χ0v) is 9.93. The molecule has 17 heavy (non-hydrogen) atoms. The number of anilines is 1. The van der Waals surface area contributed by atoms with Crippen LogP contribution in [0.5, 0.6) is 0 Å². The number of nitrogens with zero attached hydrogens (tertiary/aromatic N) is 1. The molecule has 1 saturated heterocycles. The summed E-state index contributed by atoms with van der Waals surface area (Å²) in [5.74, 6) is -0.330. The SMILES string of the molecule is C[C@@H](O)c1cccc(F)c1N1CCCC1CO. The summed E-state index contributed by atoms with van der Waals surface area (Å²) in [6.07, 6.45) is 1.10. The maximum absolute atomic E-state index is 13.9. The van der Waals surface area contributed by atoms with Gasteiger partial charge in [-0.1, -0.05) is 12.1 Å². The molecule has 2 rings (SSSR count). The smallest absolute Gasteiger partial charge is 0.146 e. The fraction of sp³-hybridized carbons (Fsp3) is 0.538. The molecule has 2 atom stereocenters. The van der Waals surface area contributed by atoms with Crippen molar-refractivity contribution in [2.24, 2.45) is 0 Å². The molecule has 0 bridgehead atoms. The zero-order valence-electron chi connectivity index (χ0n) is 9.93. The molecular formula is C13H18FNO2. The van der Waals surface area contributed by atoms with E-state index in [2.05, 4.69) is 0 Å². The van der Waals surface area contributed by atoms with E-state index in [4.69, 9.17) is 0 Å². The number of aliphatic hydroxyl groups excluding tert-OH is 2. The number of hydrogen-bond donors (Lipinski definition) is 2. The van der Waals surface area contributed by atoms with Gasteiger partial charge < -0.3 is 15.1 Å². The molecule has 2 N–H and O–H groups in total. The molecule has 1 heterocycles. The van der Waals surface area contributed by atoms with E-state index in [1.165, 1.54) is 6.07 Å². The van der Waals surface area contributed by atoms with E-state index in [0.29, 0.717) is 11.3 Å². The van der Waals surface area contributed by atoms with Crippen molar-refractivity contribution in [2.75, 3.05) is 18.1 Å². The van der Waals surface area contributed by atoms with Gasteiger partial charge >= 0.3 is 0 Å². The van der Waals surface area contributed by atoms with Crippen molar-refractivity contribution in [2.45, 2.75) is 31.9 Å². The summed E-state index contributed by atoms with van der Waals surface area (Å²) in [4.78, 5) is 1.87. The van der Waals surface area contributed by atoms with E-state index in [0.717, 1.165) is 19.4 Å². The van der Waals surface area contributed by atoms with Crippen molar-refractivity contribution in [1.29, 1.82) is 0 Å². The molecule has 1 unspecified atom stereocenters. The second-order valence-electron chi connectivity index (χ2n) is 4.53. The van der Waals surface area contributed by atoms with Crippen molar-refractivity contribution < 1.29 is 14.6 Å². The summed E-state index contributed by atoms with van der Waals surface area (Å²) in [7, 11) is 0. The van der Waals surface area contributed by atoms with Crippen molar-refractivity contribution in [3.05, 3.63) is 29.6 Å². The van der Waals surface area contributed by atoms with Gasteiger partial charge in [-0.25, -0.2) is 4.39 Å². The first-order chi connectivity index (χ1) is 8.15. The first-order valence-electron chi connectivity index (χ1n) is 5.99. The minimum absolute atomic E-state index is 0.0214. The molecule has 3 nitrogen and oxygen atoms in total. The van der Waals surface area contributed by atoms with E-state index in [1.807, 2.05) is 4.90 Å². The quantitative estimate of drug-likeness (QED) is 0.846. The van der Waals surface area contributed by atoms with Crippen LogP contribution < -0.4 is 4.90 Å². The summed E-state index contributed by atoms with van der Waals surface area (Å²) in [5, 5.41) is 19.0. The Labute approximate surface area is 100 Å². The molecule has 94 valence electrons. The first-order valence-corrected chi connectivity index (χ1v) is 5.99. The van der Waals surface area contributed by atoms with E-state index in [9.17, 15) is 14.6 Å². The second-order valence-corrected chi connectivity index (χ2v) is 4.53. The number of halogens is 1. The molecule has 1 aliphatic heterocycles. The zero-order chi connectivity index (χ0) is 12.4. The molecule has 1 aromatic rings. The van der Waals surface area contributed by atoms with Gasteiger partial charge in [0.1, 0.15) is 5.82 Å². The average molecular weight is 239 g/mol. The summed E-state index contributed by atoms with van der Waals surface area (Å²) >= 11 is 0. The van der Waals surface area contributed by atoms with Gasteiger partial charge in [0.15, 0.2) is 0 Å². The Balaban J connectivity index is 2.42. The van der Waals surface area contributed by atoms with Gasteiger partial charge in [-0.05, 0) is 25.8 Å². The Morgan fingerprint density at radius 1 is 1.53 bits per heavy atom. The fourth-order valence-electron chi connectivity index (χ4n) is 2.49. The molecule has 1 aromatic carbocycles. The number of aliphatic hydroxyl groups is 2. The van der Waals surface area contributed by atoms with E-state index < -0.39 is 6.10 Å². The fourth-order valence-corrected chi connectivity index (χ4v) is 2.49. The van der Waals surface area contributed by atoms with Gasteiger partial charge in [-0.2, -0.15) is 0 Å². The lowest BCUT2D eigenvalue weighted by Crippen LogP contribution is -2.33. The third-order valence-electron chi connectivity index (χ3n) is 3.34. The molecule has 0 saturated carbocycles. The Morgan fingerprint density at radius 3 is 2.94 bits per heavy atom. The van der Waals surface area contributed by atoms with Crippen LogP contribution in [0.2, 0.25) is 0 Å². The van der Waals surface area contributed by atoms with Crippen LogP contribution in [0.3, 0.4) is 0 Å². The number of para-hydroxylation sites is 1. The molecule has 0 aromatic heterocycles. The Hall–Kier alpha value is -1.13. The summed E-state index contributed by atoms with van der Waals surface area (Å²) < 4.78 is 13.9. The van der Waals surface area contributed by atoms with Crippen molar-refractivity contribution >= 4 is 5.69 Å². The predicted octanol–water partition coefficient (Wildman–Crippen LogP) is 1.84. The van der Waals surface area contributed by atoms with Crippen LogP contribution in [0.1, 0.15) is 31.4 Å². The summed E-state index contributed by atoms with van der Waals surface area (Å²) in [6.45, 7) is 2.38. The highest BCUT2D eigenvalue weighted by Crippen LogP contribution is 2.34. The predicted molar refractivity (Wildman–Crippen MR) is 64.5 cm³/mol. The molecule has 1 aliphatic rings. The summed E-state index contributed by atoms with van der Waals surface area (Å²) in [6, 6.07) is 4.69. The van der Waals surface area contributed by atoms with E-state index in [1.54, 1.807) is 19.1 Å². The molecule has 0 aliphatic carbocycles. The molecule has 4 heteroatoms. The van der Waals surface area contributed by atoms with Gasteiger partial charge in [0.25, 0.3) is 0 Å². The lowest BCUT2D eigenvalue weighted by Gasteiger charge is -2.28. The van der Waals surface area contributed by atoms with Crippen molar-refractivity contribution in [3.8, 4) is 0 Å². The van der Waals surface area contributed by atoms with Crippen LogP contribution in [0.25, 0.3) is 0 Å². The highest BCUT2D eigenvalue weighted by molar-refractivity contribution is 5.57. The van der Waals surface area contributed by atoms with Crippen LogP contribution >= 0.6 is 0 Å². The van der Waals surface area contributed by atoms with E-state index in [-0.39, 0.29) is 18.5 Å². The Kier molecular flexibility index (Phi) is 3.64. The average Bonchev–Trinajstić information content (AvgIpc) is 2.76. The van der Waals surface area contributed by atoms with E-state index >= 15 is 0 Å². The standard InChI is InChI=1S/C13H18FNO2/c1-9(17)11-5-2-6-12(14)13(11)15-7-3-4-10(15)8-16/h2,5-6,9-10,16-17H,3-4,7-8H2,1H3/t9-,10?/m1/s1. The van der Waals surface area contributed by atoms with Crippen LogP contribution in [-0.4, -0.2) is 29.4 Å². The molecule has 1 fully saturated rings. The number of benzene rings is 1. The third kappa shape index (κ3) is 2.28. The lowest BCUT2D eigenvalue weighted by molar-refractivity contribution is 0.198. The molecule has 0 spiro atoms. The number of rotatable bonds is 3.